The Balaban J connectivity index is 2.01. The van der Waals surface area contributed by atoms with Gasteiger partial charge in [-0.25, -0.2) is 4.79 Å². The Bertz CT molecular complexity index is 497. The summed E-state index contributed by atoms with van der Waals surface area (Å²) in [4.78, 5) is 14.2. The molecule has 2 rings (SSSR count). The van der Waals surface area contributed by atoms with Crippen molar-refractivity contribution in [3.8, 4) is 5.75 Å². The van der Waals surface area contributed by atoms with Gasteiger partial charge in [0.15, 0.2) is 0 Å². The summed E-state index contributed by atoms with van der Waals surface area (Å²) in [6.07, 6.45) is 1.83. The lowest BCUT2D eigenvalue weighted by Gasteiger charge is -2.28. The fourth-order valence-electron chi connectivity index (χ4n) is 2.80. The second kappa shape index (κ2) is 7.68. The number of aliphatic hydroxyl groups is 1. The van der Waals surface area contributed by atoms with Gasteiger partial charge in [0.2, 0.25) is 0 Å². The van der Waals surface area contributed by atoms with Crippen molar-refractivity contribution in [2.45, 2.75) is 57.8 Å². The summed E-state index contributed by atoms with van der Waals surface area (Å²) in [5, 5.41) is 9.07. The highest BCUT2D eigenvalue weighted by Gasteiger charge is 2.38. The average Bonchev–Trinajstić information content (AvgIpc) is 2.87. The van der Waals surface area contributed by atoms with Gasteiger partial charge < -0.3 is 19.5 Å². The Kier molecular flexibility index (Phi) is 5.88. The molecule has 1 N–H and O–H groups in total. The van der Waals surface area contributed by atoms with E-state index in [-0.39, 0.29) is 24.8 Å². The van der Waals surface area contributed by atoms with E-state index in [0.29, 0.717) is 13.0 Å². The summed E-state index contributed by atoms with van der Waals surface area (Å²) in [5.41, 5.74) is -0.517. The third kappa shape index (κ3) is 5.43. The minimum atomic E-state index is -0.517. The SMILES string of the molecule is CC(C)(C)OC(=O)N1C[C@@H](Oc2ccccc2)C[C@@H]1CCCO. The van der Waals surface area contributed by atoms with Crippen molar-refractivity contribution < 1.29 is 19.4 Å². The number of carbonyl (C=O) groups is 1. The fourth-order valence-corrected chi connectivity index (χ4v) is 2.80. The zero-order valence-corrected chi connectivity index (χ0v) is 14.2. The van der Waals surface area contributed by atoms with Crippen molar-refractivity contribution in [3.05, 3.63) is 30.3 Å². The van der Waals surface area contributed by atoms with Crippen LogP contribution in [0.4, 0.5) is 4.79 Å². The molecule has 1 aromatic carbocycles. The normalized spacial score (nSPS) is 21.3. The first-order valence-electron chi connectivity index (χ1n) is 8.21. The molecule has 1 aromatic rings. The standard InChI is InChI=1S/C18H27NO4/c1-18(2,3)23-17(21)19-13-16(12-14(19)8-7-11-20)22-15-9-5-4-6-10-15/h4-6,9-10,14,16,20H,7-8,11-13H2,1-3H3/t14-,16-/m0/s1. The molecule has 1 amide bonds. The van der Waals surface area contributed by atoms with Crippen LogP contribution in [0.3, 0.4) is 0 Å². The number of nitrogens with zero attached hydrogens (tertiary/aromatic N) is 1. The van der Waals surface area contributed by atoms with Crippen molar-refractivity contribution in [2.24, 2.45) is 0 Å². The number of para-hydroxylation sites is 1. The summed E-state index contributed by atoms with van der Waals surface area (Å²) < 4.78 is 11.5. The number of aliphatic hydroxyl groups excluding tert-OH is 1. The van der Waals surface area contributed by atoms with E-state index in [2.05, 4.69) is 0 Å². The molecule has 128 valence electrons. The third-order valence-corrected chi connectivity index (χ3v) is 3.75. The van der Waals surface area contributed by atoms with Crippen LogP contribution in [0.5, 0.6) is 5.75 Å². The molecule has 5 nitrogen and oxygen atoms in total. The highest BCUT2D eigenvalue weighted by atomic mass is 16.6. The van der Waals surface area contributed by atoms with E-state index in [1.807, 2.05) is 51.1 Å². The van der Waals surface area contributed by atoms with Crippen LogP contribution in [-0.2, 0) is 4.74 Å². The number of amides is 1. The zero-order valence-electron chi connectivity index (χ0n) is 14.2. The molecule has 2 atom stereocenters. The van der Waals surface area contributed by atoms with Gasteiger partial charge in [-0.3, -0.25) is 0 Å². The fraction of sp³-hybridized carbons (Fsp3) is 0.611. The largest absolute Gasteiger partial charge is 0.489 e. The quantitative estimate of drug-likeness (QED) is 0.904. The Labute approximate surface area is 138 Å². The van der Waals surface area contributed by atoms with E-state index in [0.717, 1.165) is 18.6 Å². The number of carbonyl (C=O) groups excluding carboxylic acids is 1. The van der Waals surface area contributed by atoms with E-state index in [1.165, 1.54) is 0 Å². The van der Waals surface area contributed by atoms with E-state index in [9.17, 15) is 4.79 Å². The maximum atomic E-state index is 12.4. The van der Waals surface area contributed by atoms with Crippen LogP contribution < -0.4 is 4.74 Å². The van der Waals surface area contributed by atoms with Crippen molar-refractivity contribution in [2.75, 3.05) is 13.2 Å². The van der Waals surface area contributed by atoms with Gasteiger partial charge in [0.05, 0.1) is 6.54 Å². The summed E-state index contributed by atoms with van der Waals surface area (Å²) in [5.74, 6) is 0.810. The van der Waals surface area contributed by atoms with Gasteiger partial charge >= 0.3 is 6.09 Å². The molecule has 0 saturated carbocycles. The first kappa shape index (κ1) is 17.6. The molecule has 0 aromatic heterocycles. The second-order valence-electron chi connectivity index (χ2n) is 6.94. The van der Waals surface area contributed by atoms with Crippen LogP contribution in [0.25, 0.3) is 0 Å². The van der Waals surface area contributed by atoms with Crippen LogP contribution in [0.15, 0.2) is 30.3 Å². The molecular formula is C18H27NO4. The Hall–Kier alpha value is -1.75. The highest BCUT2D eigenvalue weighted by molar-refractivity contribution is 5.69. The van der Waals surface area contributed by atoms with Gasteiger partial charge in [-0.2, -0.15) is 0 Å². The van der Waals surface area contributed by atoms with Crippen LogP contribution in [-0.4, -0.2) is 47.0 Å². The molecule has 0 radical (unpaired) electrons. The molecule has 0 unspecified atom stereocenters. The number of rotatable bonds is 5. The van der Waals surface area contributed by atoms with Gasteiger partial charge in [-0.15, -0.1) is 0 Å². The molecule has 1 heterocycles. The van der Waals surface area contributed by atoms with Gasteiger partial charge in [0.1, 0.15) is 17.5 Å². The predicted molar refractivity (Wildman–Crippen MR) is 88.5 cm³/mol. The lowest BCUT2D eigenvalue weighted by atomic mass is 10.1. The Morgan fingerprint density at radius 3 is 2.61 bits per heavy atom. The van der Waals surface area contributed by atoms with Gasteiger partial charge in [0, 0.05) is 19.1 Å². The van der Waals surface area contributed by atoms with Crippen molar-refractivity contribution in [3.63, 3.8) is 0 Å². The molecule has 1 aliphatic rings. The molecule has 0 bridgehead atoms. The van der Waals surface area contributed by atoms with Gasteiger partial charge in [-0.1, -0.05) is 18.2 Å². The monoisotopic (exact) mass is 321 g/mol. The number of hydrogen-bond acceptors (Lipinski definition) is 4. The van der Waals surface area contributed by atoms with E-state index >= 15 is 0 Å². The Morgan fingerprint density at radius 2 is 2.00 bits per heavy atom. The third-order valence-electron chi connectivity index (χ3n) is 3.75. The molecule has 1 aliphatic heterocycles. The molecule has 23 heavy (non-hydrogen) atoms. The van der Waals surface area contributed by atoms with Crippen molar-refractivity contribution in [1.29, 1.82) is 0 Å². The summed E-state index contributed by atoms with van der Waals surface area (Å²) in [7, 11) is 0. The average molecular weight is 321 g/mol. The smallest absolute Gasteiger partial charge is 0.410 e. The van der Waals surface area contributed by atoms with E-state index in [4.69, 9.17) is 14.6 Å². The maximum absolute atomic E-state index is 12.4. The summed E-state index contributed by atoms with van der Waals surface area (Å²) in [6.45, 7) is 6.23. The second-order valence-corrected chi connectivity index (χ2v) is 6.94. The van der Waals surface area contributed by atoms with Gasteiger partial charge in [-0.05, 0) is 45.7 Å². The molecule has 1 fully saturated rings. The predicted octanol–water partition coefficient (Wildman–Crippen LogP) is 3.22. The number of ether oxygens (including phenoxy) is 2. The minimum Gasteiger partial charge on any atom is -0.489 e. The first-order valence-corrected chi connectivity index (χ1v) is 8.21. The van der Waals surface area contributed by atoms with Gasteiger partial charge in [0.25, 0.3) is 0 Å². The zero-order chi connectivity index (χ0) is 16.9. The first-order chi connectivity index (χ1) is 10.9. The van der Waals surface area contributed by atoms with E-state index in [1.54, 1.807) is 4.90 Å². The summed E-state index contributed by atoms with van der Waals surface area (Å²) >= 11 is 0. The van der Waals surface area contributed by atoms with Crippen LogP contribution in [0, 0.1) is 0 Å². The van der Waals surface area contributed by atoms with Crippen molar-refractivity contribution in [1.82, 2.24) is 4.90 Å². The maximum Gasteiger partial charge on any atom is 0.410 e. The molecule has 5 heteroatoms. The lowest BCUT2D eigenvalue weighted by molar-refractivity contribution is 0.0202. The van der Waals surface area contributed by atoms with Crippen LogP contribution >= 0.6 is 0 Å². The van der Waals surface area contributed by atoms with E-state index < -0.39 is 5.60 Å². The number of benzene rings is 1. The number of likely N-dealkylation sites (tertiary alicyclic amines) is 1. The topological polar surface area (TPSA) is 59.0 Å². The lowest BCUT2D eigenvalue weighted by Crippen LogP contribution is -2.40. The molecule has 1 saturated heterocycles. The summed E-state index contributed by atoms with van der Waals surface area (Å²) in [6, 6.07) is 9.68. The molecular weight excluding hydrogens is 294 g/mol. The van der Waals surface area contributed by atoms with Crippen LogP contribution in [0.1, 0.15) is 40.0 Å². The Morgan fingerprint density at radius 1 is 1.30 bits per heavy atom. The van der Waals surface area contributed by atoms with Crippen molar-refractivity contribution >= 4 is 6.09 Å². The minimum absolute atomic E-state index is 0.0470. The van der Waals surface area contributed by atoms with Crippen LogP contribution in [0.2, 0.25) is 0 Å². The number of hydrogen-bond donors (Lipinski definition) is 1. The highest BCUT2D eigenvalue weighted by Crippen LogP contribution is 2.27. The molecule has 0 spiro atoms. The molecule has 0 aliphatic carbocycles.